The number of nitrogens with zero attached hydrogens (tertiary/aromatic N) is 1. The van der Waals surface area contributed by atoms with Crippen LogP contribution in [0.2, 0.25) is 0 Å². The molecular weight excluding hydrogens is 262 g/mol. The van der Waals surface area contributed by atoms with Crippen LogP contribution in [0.5, 0.6) is 0 Å². The molecule has 0 saturated carbocycles. The minimum Gasteiger partial charge on any atom is -0.479 e. The lowest BCUT2D eigenvalue weighted by molar-refractivity contribution is -0.154. The van der Waals surface area contributed by atoms with Gasteiger partial charge in [-0.15, -0.1) is 0 Å². The van der Waals surface area contributed by atoms with Gasteiger partial charge >= 0.3 is 12.1 Å². The summed E-state index contributed by atoms with van der Waals surface area (Å²) in [7, 11) is 0. The molecule has 2 heterocycles. The number of piperidine rings is 1. The smallest absolute Gasteiger partial charge is 0.410 e. The summed E-state index contributed by atoms with van der Waals surface area (Å²) in [4.78, 5) is 25.1. The van der Waals surface area contributed by atoms with Crippen LogP contribution >= 0.6 is 0 Å². The molecule has 0 radical (unpaired) electrons. The molecule has 20 heavy (non-hydrogen) atoms. The minimum atomic E-state index is -0.937. The Morgan fingerprint density at radius 2 is 2.05 bits per heavy atom. The first-order valence-corrected chi connectivity index (χ1v) is 7.06. The fourth-order valence-electron chi connectivity index (χ4n) is 3.08. The number of hydrogen-bond acceptors (Lipinski definition) is 4. The highest BCUT2D eigenvalue weighted by atomic mass is 16.6. The fraction of sp³-hybridized carbons (Fsp3) is 0.857. The number of carboxylic acid groups (broad SMARTS) is 1. The maximum Gasteiger partial charge on any atom is 0.410 e. The summed E-state index contributed by atoms with van der Waals surface area (Å²) in [6.07, 6.45) is 1.07. The predicted octanol–water partition coefficient (Wildman–Crippen LogP) is 1.88. The van der Waals surface area contributed by atoms with Crippen LogP contribution in [0.25, 0.3) is 0 Å². The summed E-state index contributed by atoms with van der Waals surface area (Å²) >= 11 is 0. The molecule has 2 unspecified atom stereocenters. The number of aliphatic carboxylic acids is 1. The summed E-state index contributed by atoms with van der Waals surface area (Å²) in [6, 6.07) is 0. The van der Waals surface area contributed by atoms with E-state index in [2.05, 4.69) is 0 Å². The Morgan fingerprint density at radius 1 is 1.35 bits per heavy atom. The minimum absolute atomic E-state index is 0.368. The Morgan fingerprint density at radius 3 is 2.65 bits per heavy atom. The van der Waals surface area contributed by atoms with Gasteiger partial charge in [0.05, 0.1) is 0 Å². The molecule has 2 atom stereocenters. The quantitative estimate of drug-likeness (QED) is 0.796. The first-order valence-electron chi connectivity index (χ1n) is 7.06. The van der Waals surface area contributed by atoms with Gasteiger partial charge in [0, 0.05) is 25.1 Å². The molecule has 0 aromatic heterocycles. The van der Waals surface area contributed by atoms with Crippen LogP contribution in [0.15, 0.2) is 0 Å². The van der Waals surface area contributed by atoms with Crippen molar-refractivity contribution in [2.24, 2.45) is 5.41 Å². The largest absolute Gasteiger partial charge is 0.479 e. The van der Waals surface area contributed by atoms with Gasteiger partial charge in [-0.3, -0.25) is 0 Å². The molecule has 0 aromatic carbocycles. The van der Waals surface area contributed by atoms with Gasteiger partial charge in [-0.1, -0.05) is 0 Å². The van der Waals surface area contributed by atoms with Crippen molar-refractivity contribution in [2.75, 3.05) is 19.7 Å². The summed E-state index contributed by atoms with van der Waals surface area (Å²) in [5.41, 5.74) is -0.999. The van der Waals surface area contributed by atoms with Crippen molar-refractivity contribution in [3.8, 4) is 0 Å². The van der Waals surface area contributed by atoms with E-state index >= 15 is 0 Å². The average Bonchev–Trinajstić information content (AvgIpc) is 2.70. The molecule has 0 aromatic rings. The SMILES string of the molecule is CC(C)(C)OC(=O)N1CCCC2(CCOC2C(=O)O)C1. The highest BCUT2D eigenvalue weighted by Crippen LogP contribution is 2.43. The van der Waals surface area contributed by atoms with E-state index in [1.807, 2.05) is 20.8 Å². The van der Waals surface area contributed by atoms with E-state index in [0.29, 0.717) is 26.1 Å². The standard InChI is InChI=1S/C14H23NO5/c1-13(2,3)20-12(18)15-7-4-5-14(9-15)6-8-19-10(14)11(16)17/h10H,4-9H2,1-3H3,(H,16,17). The topological polar surface area (TPSA) is 76.1 Å². The van der Waals surface area contributed by atoms with Crippen molar-refractivity contribution in [3.63, 3.8) is 0 Å². The summed E-state index contributed by atoms with van der Waals surface area (Å²) in [5.74, 6) is -0.937. The molecule has 1 spiro atoms. The number of hydrogen-bond donors (Lipinski definition) is 1. The highest BCUT2D eigenvalue weighted by molar-refractivity contribution is 5.74. The lowest BCUT2D eigenvalue weighted by atomic mass is 9.74. The predicted molar refractivity (Wildman–Crippen MR) is 71.5 cm³/mol. The van der Waals surface area contributed by atoms with Crippen LogP contribution in [0.4, 0.5) is 4.79 Å². The number of carboxylic acids is 1. The Hall–Kier alpha value is -1.30. The van der Waals surface area contributed by atoms with Crippen LogP contribution in [0, 0.1) is 5.41 Å². The van der Waals surface area contributed by atoms with Crippen LogP contribution in [-0.4, -0.2) is 53.5 Å². The van der Waals surface area contributed by atoms with Crippen LogP contribution in [0.1, 0.15) is 40.0 Å². The van der Waals surface area contributed by atoms with E-state index in [-0.39, 0.29) is 6.09 Å². The van der Waals surface area contributed by atoms with Gasteiger partial charge in [0.25, 0.3) is 0 Å². The van der Waals surface area contributed by atoms with Crippen LogP contribution in [0.3, 0.4) is 0 Å². The highest BCUT2D eigenvalue weighted by Gasteiger charge is 2.51. The van der Waals surface area contributed by atoms with E-state index < -0.39 is 23.1 Å². The molecule has 0 aliphatic carbocycles. The molecule has 6 nitrogen and oxygen atoms in total. The lowest BCUT2D eigenvalue weighted by Crippen LogP contribution is -2.52. The Kier molecular flexibility index (Phi) is 3.95. The van der Waals surface area contributed by atoms with Gasteiger partial charge in [0.2, 0.25) is 0 Å². The zero-order valence-corrected chi connectivity index (χ0v) is 12.3. The fourth-order valence-corrected chi connectivity index (χ4v) is 3.08. The molecule has 0 bridgehead atoms. The summed E-state index contributed by atoms with van der Waals surface area (Å²) in [5, 5.41) is 9.28. The van der Waals surface area contributed by atoms with Crippen LogP contribution < -0.4 is 0 Å². The van der Waals surface area contributed by atoms with Gasteiger partial charge in [-0.05, 0) is 40.0 Å². The monoisotopic (exact) mass is 285 g/mol. The van der Waals surface area contributed by atoms with E-state index in [4.69, 9.17) is 9.47 Å². The van der Waals surface area contributed by atoms with E-state index in [1.54, 1.807) is 4.90 Å². The third-order valence-electron chi connectivity index (χ3n) is 3.93. The van der Waals surface area contributed by atoms with Crippen molar-refractivity contribution in [3.05, 3.63) is 0 Å². The molecule has 2 saturated heterocycles. The van der Waals surface area contributed by atoms with Crippen molar-refractivity contribution >= 4 is 12.1 Å². The third-order valence-corrected chi connectivity index (χ3v) is 3.93. The second kappa shape index (κ2) is 5.24. The molecular formula is C14H23NO5. The van der Waals surface area contributed by atoms with Gasteiger partial charge < -0.3 is 19.5 Å². The van der Waals surface area contributed by atoms with Crippen molar-refractivity contribution in [1.29, 1.82) is 0 Å². The first kappa shape index (κ1) is 15.1. The molecule has 2 rings (SSSR count). The number of rotatable bonds is 1. The number of ether oxygens (including phenoxy) is 2. The van der Waals surface area contributed by atoms with Crippen molar-refractivity contribution in [1.82, 2.24) is 4.90 Å². The van der Waals surface area contributed by atoms with E-state index in [0.717, 1.165) is 12.8 Å². The second-order valence-electron chi connectivity index (χ2n) is 6.71. The van der Waals surface area contributed by atoms with Crippen molar-refractivity contribution < 1.29 is 24.2 Å². The Balaban J connectivity index is 2.08. The van der Waals surface area contributed by atoms with E-state index in [9.17, 15) is 14.7 Å². The Bertz CT molecular complexity index is 403. The van der Waals surface area contributed by atoms with E-state index in [1.165, 1.54) is 0 Å². The molecule has 1 amide bonds. The average molecular weight is 285 g/mol. The van der Waals surface area contributed by atoms with Gasteiger partial charge in [0.1, 0.15) is 5.60 Å². The number of likely N-dealkylation sites (tertiary alicyclic amines) is 1. The molecule has 2 aliphatic heterocycles. The molecule has 1 N–H and O–H groups in total. The van der Waals surface area contributed by atoms with Gasteiger partial charge in [-0.2, -0.15) is 0 Å². The van der Waals surface area contributed by atoms with Gasteiger partial charge in [-0.25, -0.2) is 9.59 Å². The molecule has 2 aliphatic rings. The second-order valence-corrected chi connectivity index (χ2v) is 6.71. The number of amides is 1. The third kappa shape index (κ3) is 3.06. The molecule has 114 valence electrons. The maximum absolute atomic E-state index is 12.1. The zero-order chi connectivity index (χ0) is 15.0. The Labute approximate surface area is 119 Å². The summed E-state index contributed by atoms with van der Waals surface area (Å²) in [6.45, 7) is 6.93. The van der Waals surface area contributed by atoms with Crippen molar-refractivity contribution in [2.45, 2.75) is 51.7 Å². The lowest BCUT2D eigenvalue weighted by Gasteiger charge is -2.41. The first-order chi connectivity index (χ1) is 9.23. The van der Waals surface area contributed by atoms with Gasteiger partial charge in [0.15, 0.2) is 6.10 Å². The molecule has 2 fully saturated rings. The number of carbonyl (C=O) groups is 2. The normalized spacial score (nSPS) is 30.6. The number of carbonyl (C=O) groups excluding carboxylic acids is 1. The molecule has 6 heteroatoms. The maximum atomic E-state index is 12.1. The summed E-state index contributed by atoms with van der Waals surface area (Å²) < 4.78 is 10.7. The zero-order valence-electron chi connectivity index (χ0n) is 12.3. The van der Waals surface area contributed by atoms with Crippen LogP contribution in [-0.2, 0) is 14.3 Å².